The largest absolute Gasteiger partial charge is 0.464 e. The van der Waals surface area contributed by atoms with Crippen LogP contribution in [0, 0.1) is 10.1 Å². The normalized spacial score (nSPS) is 11.0. The van der Waals surface area contributed by atoms with E-state index in [1.54, 1.807) is 0 Å². The molecule has 0 aliphatic carbocycles. The number of pyridine rings is 1. The van der Waals surface area contributed by atoms with Crippen LogP contribution in [0.4, 0.5) is 24.7 Å². The third kappa shape index (κ3) is 4.37. The standard InChI is InChI=1S/C10H10F3N3O4/c1-20-9(17)6-2-3-7(16(18)19)8(15-6)14-5-4-10(11,12)13/h2-3H,4-5H2,1H3,(H,14,15). The van der Waals surface area contributed by atoms with Gasteiger partial charge in [0, 0.05) is 12.6 Å². The van der Waals surface area contributed by atoms with Crippen LogP contribution < -0.4 is 5.32 Å². The number of hydrogen-bond donors (Lipinski definition) is 1. The Labute approximate surface area is 110 Å². The summed E-state index contributed by atoms with van der Waals surface area (Å²) in [5.74, 6) is -1.26. The van der Waals surface area contributed by atoms with Crippen LogP contribution in [0.3, 0.4) is 0 Å². The first-order chi connectivity index (χ1) is 9.24. The smallest absolute Gasteiger partial charge is 0.390 e. The highest BCUT2D eigenvalue weighted by molar-refractivity contribution is 5.88. The molecule has 1 aromatic rings. The number of nitrogens with zero attached hydrogens (tertiary/aromatic N) is 2. The van der Waals surface area contributed by atoms with Gasteiger partial charge < -0.3 is 10.1 Å². The molecule has 1 rings (SSSR count). The molecule has 1 aromatic heterocycles. The van der Waals surface area contributed by atoms with Crippen molar-refractivity contribution < 1.29 is 27.6 Å². The summed E-state index contributed by atoms with van der Waals surface area (Å²) in [4.78, 5) is 24.7. The fourth-order valence-electron chi connectivity index (χ4n) is 1.27. The molecule has 7 nitrogen and oxygen atoms in total. The van der Waals surface area contributed by atoms with Crippen molar-refractivity contribution in [2.24, 2.45) is 0 Å². The van der Waals surface area contributed by atoms with Crippen LogP contribution in [0.5, 0.6) is 0 Å². The van der Waals surface area contributed by atoms with Gasteiger partial charge in [-0.1, -0.05) is 0 Å². The molecule has 10 heteroatoms. The molecule has 1 heterocycles. The lowest BCUT2D eigenvalue weighted by atomic mass is 10.3. The Bertz CT molecular complexity index is 519. The van der Waals surface area contributed by atoms with Gasteiger partial charge in [-0.15, -0.1) is 0 Å². The molecule has 0 radical (unpaired) electrons. The van der Waals surface area contributed by atoms with Crippen molar-refractivity contribution in [1.29, 1.82) is 0 Å². The number of ether oxygens (including phenoxy) is 1. The van der Waals surface area contributed by atoms with Crippen LogP contribution in [0.15, 0.2) is 12.1 Å². The van der Waals surface area contributed by atoms with Gasteiger partial charge in [-0.3, -0.25) is 10.1 Å². The number of alkyl halides is 3. The van der Waals surface area contributed by atoms with Crippen LogP contribution in [-0.2, 0) is 4.74 Å². The van der Waals surface area contributed by atoms with Gasteiger partial charge in [0.05, 0.1) is 18.5 Å². The molecule has 0 unspecified atom stereocenters. The lowest BCUT2D eigenvalue weighted by Crippen LogP contribution is -2.16. The fraction of sp³-hybridized carbons (Fsp3) is 0.400. The number of esters is 1. The van der Waals surface area contributed by atoms with Crippen LogP contribution >= 0.6 is 0 Å². The quantitative estimate of drug-likeness (QED) is 0.507. The molecule has 0 aromatic carbocycles. The third-order valence-electron chi connectivity index (χ3n) is 2.17. The van der Waals surface area contributed by atoms with E-state index in [1.165, 1.54) is 0 Å². The first-order valence-electron chi connectivity index (χ1n) is 5.29. The maximum atomic E-state index is 12.0. The van der Waals surface area contributed by atoms with E-state index < -0.39 is 41.5 Å². The van der Waals surface area contributed by atoms with Crippen molar-refractivity contribution in [1.82, 2.24) is 4.98 Å². The minimum absolute atomic E-state index is 0.243. The molecule has 0 atom stereocenters. The summed E-state index contributed by atoms with van der Waals surface area (Å²) in [5, 5.41) is 12.9. The summed E-state index contributed by atoms with van der Waals surface area (Å²) in [6, 6.07) is 2.02. The molecule has 0 spiro atoms. The number of halogens is 3. The highest BCUT2D eigenvalue weighted by atomic mass is 19.4. The Morgan fingerprint density at radius 3 is 2.65 bits per heavy atom. The summed E-state index contributed by atoms with van der Waals surface area (Å²) in [7, 11) is 1.09. The number of nitrogens with one attached hydrogen (secondary N) is 1. The average molecular weight is 293 g/mol. The number of methoxy groups -OCH3 is 1. The number of aromatic nitrogens is 1. The Morgan fingerprint density at radius 2 is 2.15 bits per heavy atom. The van der Waals surface area contributed by atoms with E-state index >= 15 is 0 Å². The van der Waals surface area contributed by atoms with Crippen LogP contribution in [0.1, 0.15) is 16.9 Å². The summed E-state index contributed by atoms with van der Waals surface area (Å²) >= 11 is 0. The van der Waals surface area contributed by atoms with E-state index in [1.807, 2.05) is 0 Å². The van der Waals surface area contributed by atoms with E-state index in [0.29, 0.717) is 0 Å². The number of carbonyl (C=O) groups excluding carboxylic acids is 1. The maximum absolute atomic E-state index is 12.0. The Balaban J connectivity index is 2.94. The van der Waals surface area contributed by atoms with Gasteiger partial charge >= 0.3 is 17.8 Å². The number of hydrogen-bond acceptors (Lipinski definition) is 6. The van der Waals surface area contributed by atoms with Crippen LogP contribution in [0.2, 0.25) is 0 Å². The number of nitro groups is 1. The van der Waals surface area contributed by atoms with Gasteiger partial charge in [0.25, 0.3) is 0 Å². The summed E-state index contributed by atoms with van der Waals surface area (Å²) in [6.45, 7) is -0.595. The zero-order chi connectivity index (χ0) is 15.3. The van der Waals surface area contributed by atoms with E-state index in [2.05, 4.69) is 15.0 Å². The lowest BCUT2D eigenvalue weighted by Gasteiger charge is -2.09. The van der Waals surface area contributed by atoms with Crippen LogP contribution in [0.25, 0.3) is 0 Å². The molecule has 0 aliphatic heterocycles. The highest BCUT2D eigenvalue weighted by Crippen LogP contribution is 2.24. The first kappa shape index (κ1) is 15.7. The monoisotopic (exact) mass is 293 g/mol. The highest BCUT2D eigenvalue weighted by Gasteiger charge is 2.27. The van der Waals surface area contributed by atoms with E-state index in [9.17, 15) is 28.1 Å². The molecule has 0 fully saturated rings. The van der Waals surface area contributed by atoms with Crippen molar-refractivity contribution in [2.45, 2.75) is 12.6 Å². The van der Waals surface area contributed by atoms with Crippen molar-refractivity contribution in [3.05, 3.63) is 27.9 Å². The number of anilines is 1. The SMILES string of the molecule is COC(=O)c1ccc([N+](=O)[O-])c(NCCC(F)(F)F)n1. The molecule has 0 saturated heterocycles. The zero-order valence-corrected chi connectivity index (χ0v) is 10.2. The minimum atomic E-state index is -4.40. The fourth-order valence-corrected chi connectivity index (χ4v) is 1.27. The molecule has 0 aliphatic rings. The molecular weight excluding hydrogens is 283 g/mol. The first-order valence-corrected chi connectivity index (χ1v) is 5.29. The van der Waals surface area contributed by atoms with E-state index in [-0.39, 0.29) is 5.69 Å². The second kappa shape index (κ2) is 6.17. The second-order valence-corrected chi connectivity index (χ2v) is 3.60. The van der Waals surface area contributed by atoms with Gasteiger partial charge in [0.15, 0.2) is 5.69 Å². The molecule has 0 amide bonds. The molecule has 20 heavy (non-hydrogen) atoms. The van der Waals surface area contributed by atoms with E-state index in [4.69, 9.17) is 0 Å². The maximum Gasteiger partial charge on any atom is 0.390 e. The van der Waals surface area contributed by atoms with Crippen molar-refractivity contribution in [3.63, 3.8) is 0 Å². The summed E-state index contributed by atoms with van der Waals surface area (Å²) in [5.41, 5.74) is -0.771. The summed E-state index contributed by atoms with van der Waals surface area (Å²) < 4.78 is 40.4. The molecule has 110 valence electrons. The predicted octanol–water partition coefficient (Wildman–Crippen LogP) is 2.14. The van der Waals surface area contributed by atoms with Crippen LogP contribution in [-0.4, -0.2) is 35.7 Å². The minimum Gasteiger partial charge on any atom is -0.464 e. The predicted molar refractivity (Wildman–Crippen MR) is 61.4 cm³/mol. The zero-order valence-electron chi connectivity index (χ0n) is 10.2. The van der Waals surface area contributed by atoms with Crippen molar-refractivity contribution in [3.8, 4) is 0 Å². The van der Waals surface area contributed by atoms with Gasteiger partial charge in [0.2, 0.25) is 5.82 Å². The van der Waals surface area contributed by atoms with Crippen molar-refractivity contribution in [2.75, 3.05) is 19.0 Å². The third-order valence-corrected chi connectivity index (χ3v) is 2.17. The number of carbonyl (C=O) groups is 1. The van der Waals surface area contributed by atoms with E-state index in [0.717, 1.165) is 19.2 Å². The van der Waals surface area contributed by atoms with Gasteiger partial charge in [-0.2, -0.15) is 13.2 Å². The second-order valence-electron chi connectivity index (χ2n) is 3.60. The van der Waals surface area contributed by atoms with Gasteiger partial charge in [0.1, 0.15) is 0 Å². The Morgan fingerprint density at radius 1 is 1.50 bits per heavy atom. The average Bonchev–Trinajstić information content (AvgIpc) is 2.35. The molecule has 0 saturated carbocycles. The van der Waals surface area contributed by atoms with Gasteiger partial charge in [-0.05, 0) is 6.07 Å². The lowest BCUT2D eigenvalue weighted by molar-refractivity contribution is -0.384. The topological polar surface area (TPSA) is 94.4 Å². The Kier molecular flexibility index (Phi) is 4.83. The Hall–Kier alpha value is -2.39. The van der Waals surface area contributed by atoms with Crippen molar-refractivity contribution >= 4 is 17.5 Å². The molecular formula is C10H10F3N3O4. The molecule has 0 bridgehead atoms. The number of rotatable bonds is 5. The summed E-state index contributed by atoms with van der Waals surface area (Å²) in [6.07, 6.45) is -5.59. The molecule has 1 N–H and O–H groups in total. The van der Waals surface area contributed by atoms with Gasteiger partial charge in [-0.25, -0.2) is 9.78 Å².